The average Bonchev–Trinajstić information content (AvgIpc) is 2.91. The van der Waals surface area contributed by atoms with Crippen molar-refractivity contribution in [2.24, 2.45) is 10.9 Å². The van der Waals surface area contributed by atoms with Gasteiger partial charge in [-0.15, -0.1) is 0 Å². The summed E-state index contributed by atoms with van der Waals surface area (Å²) in [5.41, 5.74) is 1.84. The molecule has 0 aromatic carbocycles. The van der Waals surface area contributed by atoms with Crippen molar-refractivity contribution in [1.29, 1.82) is 5.41 Å². The molecule has 20 heavy (non-hydrogen) atoms. The molecule has 0 aromatic heterocycles. The number of nitrogens with zero attached hydrogens (tertiary/aromatic N) is 2. The number of aliphatic imine (C=N–C) groups is 1. The first kappa shape index (κ1) is 14.7. The van der Waals surface area contributed by atoms with Crippen molar-refractivity contribution < 1.29 is 4.79 Å². The number of carbonyl (C=O) groups is 1. The standard InChI is InChI=1S/C16H23N3O/c1-12(2)18-15(17)11-13-7-9-19(10-8-13)16(20)14-5-3-4-6-14/h3-5,13,17H,6-11H2,1-2H3. The third-order valence-corrected chi connectivity index (χ3v) is 3.79. The van der Waals surface area contributed by atoms with Gasteiger partial charge >= 0.3 is 0 Å². The van der Waals surface area contributed by atoms with Gasteiger partial charge in [-0.2, -0.15) is 0 Å². The maximum Gasteiger partial charge on any atom is 0.250 e. The molecule has 0 atom stereocenters. The normalized spacial score (nSPS) is 18.9. The average molecular weight is 273 g/mol. The van der Waals surface area contributed by atoms with Gasteiger partial charge < -0.3 is 4.90 Å². The van der Waals surface area contributed by atoms with Gasteiger partial charge in [0.1, 0.15) is 5.84 Å². The van der Waals surface area contributed by atoms with Crippen LogP contribution in [0.5, 0.6) is 0 Å². The van der Waals surface area contributed by atoms with Crippen LogP contribution < -0.4 is 0 Å². The van der Waals surface area contributed by atoms with E-state index in [1.165, 1.54) is 0 Å². The molecule has 1 amide bonds. The Kier molecular flexibility index (Phi) is 4.88. The summed E-state index contributed by atoms with van der Waals surface area (Å²) in [7, 11) is 0. The molecule has 108 valence electrons. The first-order chi connectivity index (χ1) is 9.56. The van der Waals surface area contributed by atoms with Gasteiger partial charge in [0.25, 0.3) is 0 Å². The predicted molar refractivity (Wildman–Crippen MR) is 82.3 cm³/mol. The molecule has 0 radical (unpaired) electrons. The van der Waals surface area contributed by atoms with E-state index in [9.17, 15) is 4.79 Å². The van der Waals surface area contributed by atoms with Crippen LogP contribution >= 0.6 is 0 Å². The van der Waals surface area contributed by atoms with E-state index < -0.39 is 0 Å². The molecule has 4 heteroatoms. The molecule has 0 saturated carbocycles. The summed E-state index contributed by atoms with van der Waals surface area (Å²) in [6.45, 7) is 5.45. The number of amidine groups is 1. The number of hydrogen-bond donors (Lipinski definition) is 1. The van der Waals surface area contributed by atoms with Gasteiger partial charge in [-0.1, -0.05) is 18.2 Å². The lowest BCUT2D eigenvalue weighted by atomic mass is 9.92. The van der Waals surface area contributed by atoms with Crippen LogP contribution in [0.2, 0.25) is 0 Å². The maximum atomic E-state index is 12.2. The molecule has 1 heterocycles. The Hall–Kier alpha value is -1.71. The Morgan fingerprint density at radius 2 is 2.10 bits per heavy atom. The minimum absolute atomic E-state index is 0.186. The van der Waals surface area contributed by atoms with Gasteiger partial charge in [0.15, 0.2) is 0 Å². The molecule has 0 aromatic rings. The molecule has 1 N–H and O–H groups in total. The number of likely N-dealkylation sites (tertiary alicyclic amines) is 1. The zero-order chi connectivity index (χ0) is 14.5. The summed E-state index contributed by atoms with van der Waals surface area (Å²) in [6, 6.07) is 0. The van der Waals surface area contributed by atoms with E-state index in [0.29, 0.717) is 11.8 Å². The molecule has 1 fully saturated rings. The molecule has 1 aliphatic heterocycles. The highest BCUT2D eigenvalue weighted by atomic mass is 16.2. The quantitative estimate of drug-likeness (QED) is 0.624. The highest BCUT2D eigenvalue weighted by molar-refractivity contribution is 5.95. The third kappa shape index (κ3) is 3.89. The lowest BCUT2D eigenvalue weighted by molar-refractivity contribution is -0.128. The summed E-state index contributed by atoms with van der Waals surface area (Å²) in [5.74, 6) is 1.15. The van der Waals surface area contributed by atoms with Crippen molar-refractivity contribution in [2.45, 2.75) is 39.5 Å². The van der Waals surface area contributed by atoms with Crippen LogP contribution in [0.1, 0.15) is 39.5 Å². The Morgan fingerprint density at radius 1 is 1.40 bits per heavy atom. The first-order valence-electron chi connectivity index (χ1n) is 7.30. The Morgan fingerprint density at radius 3 is 2.65 bits per heavy atom. The van der Waals surface area contributed by atoms with Crippen LogP contribution in [0.3, 0.4) is 0 Å². The number of rotatable bonds is 3. The fraction of sp³-hybridized carbons (Fsp3) is 0.562. The molecule has 0 unspecified atom stereocenters. The van der Waals surface area contributed by atoms with Crippen LogP contribution in [0.25, 0.3) is 0 Å². The molecule has 2 aliphatic rings. The fourth-order valence-corrected chi connectivity index (χ4v) is 2.74. The van der Waals surface area contributed by atoms with E-state index in [0.717, 1.165) is 50.1 Å². The van der Waals surface area contributed by atoms with Crippen LogP contribution in [-0.2, 0) is 4.79 Å². The molecule has 4 nitrogen and oxygen atoms in total. The van der Waals surface area contributed by atoms with Crippen LogP contribution in [0.4, 0.5) is 0 Å². The summed E-state index contributed by atoms with van der Waals surface area (Å²) in [5, 5.41) is 7.84. The van der Waals surface area contributed by atoms with Crippen molar-refractivity contribution >= 4 is 17.5 Å². The zero-order valence-corrected chi connectivity index (χ0v) is 12.4. The van der Waals surface area contributed by atoms with E-state index in [-0.39, 0.29) is 5.91 Å². The van der Waals surface area contributed by atoms with E-state index >= 15 is 0 Å². The number of hydrogen-bond acceptors (Lipinski definition) is 2. The fourth-order valence-electron chi connectivity index (χ4n) is 2.74. The second-order valence-corrected chi connectivity index (χ2v) is 5.77. The lowest BCUT2D eigenvalue weighted by Gasteiger charge is -2.32. The molecule has 2 rings (SSSR count). The van der Waals surface area contributed by atoms with Crippen LogP contribution in [0.15, 0.2) is 28.8 Å². The Bertz CT molecular complexity index is 476. The smallest absolute Gasteiger partial charge is 0.250 e. The van der Waals surface area contributed by atoms with E-state index in [4.69, 9.17) is 5.41 Å². The molecular formula is C16H23N3O. The highest BCUT2D eigenvalue weighted by Gasteiger charge is 2.25. The molecule has 1 aliphatic carbocycles. The van der Waals surface area contributed by atoms with Gasteiger partial charge in [-0.05, 0) is 39.0 Å². The number of nitrogens with one attached hydrogen (secondary N) is 1. The van der Waals surface area contributed by atoms with Gasteiger partial charge in [0, 0.05) is 30.8 Å². The van der Waals surface area contributed by atoms with E-state index in [2.05, 4.69) is 4.99 Å². The van der Waals surface area contributed by atoms with Crippen molar-refractivity contribution in [3.8, 4) is 0 Å². The van der Waals surface area contributed by atoms with Gasteiger partial charge in [0.05, 0.1) is 0 Å². The Labute approximate surface area is 120 Å². The number of carbonyl (C=O) groups excluding carboxylic acids is 1. The summed E-state index contributed by atoms with van der Waals surface area (Å²) in [4.78, 5) is 18.4. The largest absolute Gasteiger partial charge is 0.339 e. The summed E-state index contributed by atoms with van der Waals surface area (Å²) >= 11 is 0. The van der Waals surface area contributed by atoms with Crippen molar-refractivity contribution in [2.75, 3.05) is 13.1 Å². The van der Waals surface area contributed by atoms with Gasteiger partial charge in [-0.25, -0.2) is 4.99 Å². The first-order valence-corrected chi connectivity index (χ1v) is 7.30. The maximum absolute atomic E-state index is 12.2. The monoisotopic (exact) mass is 273 g/mol. The van der Waals surface area contributed by atoms with Crippen LogP contribution in [-0.4, -0.2) is 35.4 Å². The van der Waals surface area contributed by atoms with Gasteiger partial charge in [0.2, 0.25) is 5.91 Å². The minimum Gasteiger partial charge on any atom is -0.339 e. The summed E-state index contributed by atoms with van der Waals surface area (Å²) in [6.07, 6.45) is 9.35. The molecular weight excluding hydrogens is 250 g/mol. The second-order valence-electron chi connectivity index (χ2n) is 5.77. The van der Waals surface area contributed by atoms with Gasteiger partial charge in [-0.3, -0.25) is 10.2 Å². The van der Waals surface area contributed by atoms with Crippen molar-refractivity contribution in [1.82, 2.24) is 4.90 Å². The second kappa shape index (κ2) is 6.64. The minimum atomic E-state index is 0.186. The topological polar surface area (TPSA) is 56.5 Å². The van der Waals surface area contributed by atoms with E-state index in [1.54, 1.807) is 0 Å². The molecule has 1 saturated heterocycles. The number of piperidine rings is 1. The number of amides is 1. The van der Waals surface area contributed by atoms with E-state index in [1.807, 2.05) is 37.0 Å². The van der Waals surface area contributed by atoms with Crippen molar-refractivity contribution in [3.63, 3.8) is 0 Å². The van der Waals surface area contributed by atoms with Crippen molar-refractivity contribution in [3.05, 3.63) is 23.8 Å². The lowest BCUT2D eigenvalue weighted by Crippen LogP contribution is -2.39. The zero-order valence-electron chi connectivity index (χ0n) is 12.4. The molecule has 0 spiro atoms. The Balaban J connectivity index is 1.79. The third-order valence-electron chi connectivity index (χ3n) is 3.79. The summed E-state index contributed by atoms with van der Waals surface area (Å²) < 4.78 is 0. The predicted octanol–water partition coefficient (Wildman–Crippen LogP) is 2.96. The SMILES string of the molecule is CC(C)=NC(=N)CC1CCN(C(=O)C2=CC=CC2)CC1. The van der Waals surface area contributed by atoms with Crippen LogP contribution in [0, 0.1) is 11.3 Å². The number of allylic oxidation sites excluding steroid dienone is 3. The molecule has 0 bridgehead atoms. The highest BCUT2D eigenvalue weighted by Crippen LogP contribution is 2.23.